The van der Waals surface area contributed by atoms with Gasteiger partial charge >= 0.3 is 5.76 Å². The van der Waals surface area contributed by atoms with Crippen molar-refractivity contribution in [3.63, 3.8) is 0 Å². The highest BCUT2D eigenvalue weighted by molar-refractivity contribution is 7.07. The van der Waals surface area contributed by atoms with Gasteiger partial charge in [0.25, 0.3) is 5.91 Å². The summed E-state index contributed by atoms with van der Waals surface area (Å²) < 4.78 is 4.87. The molecule has 2 N–H and O–H groups in total. The lowest BCUT2D eigenvalue weighted by molar-refractivity contribution is 0.102. The average molecular weight is 261 g/mol. The molecule has 7 heteroatoms. The number of amides is 1. The Labute approximate surface area is 104 Å². The van der Waals surface area contributed by atoms with Crippen molar-refractivity contribution in [3.8, 4) is 0 Å². The number of nitrogens with zero attached hydrogens (tertiary/aromatic N) is 1. The third-order valence-electron chi connectivity index (χ3n) is 2.34. The predicted molar refractivity (Wildman–Crippen MR) is 66.9 cm³/mol. The van der Waals surface area contributed by atoms with Crippen molar-refractivity contribution >= 4 is 34.0 Å². The molecule has 18 heavy (non-hydrogen) atoms. The van der Waals surface area contributed by atoms with E-state index in [1.165, 1.54) is 11.3 Å². The lowest BCUT2D eigenvalue weighted by Gasteiger charge is -2.02. The van der Waals surface area contributed by atoms with Crippen LogP contribution in [0.5, 0.6) is 0 Å². The molecular weight excluding hydrogens is 254 g/mol. The van der Waals surface area contributed by atoms with E-state index in [2.05, 4.69) is 15.3 Å². The molecule has 0 atom stereocenters. The number of carbonyl (C=O) groups is 1. The Kier molecular flexibility index (Phi) is 2.45. The quantitative estimate of drug-likeness (QED) is 0.736. The van der Waals surface area contributed by atoms with Crippen molar-refractivity contribution in [2.75, 3.05) is 5.32 Å². The summed E-state index contributed by atoms with van der Waals surface area (Å²) >= 11 is 1.35. The number of nitrogens with one attached hydrogen (secondary N) is 2. The average Bonchev–Trinajstić information content (AvgIpc) is 2.95. The Balaban J connectivity index is 1.91. The normalized spacial score (nSPS) is 10.7. The van der Waals surface area contributed by atoms with Gasteiger partial charge in [-0.3, -0.25) is 9.78 Å². The van der Waals surface area contributed by atoms with E-state index in [-0.39, 0.29) is 5.91 Å². The van der Waals surface area contributed by atoms with E-state index in [4.69, 9.17) is 4.42 Å². The number of benzene rings is 1. The van der Waals surface area contributed by atoms with Gasteiger partial charge in [0.15, 0.2) is 5.58 Å². The number of aromatic amines is 1. The molecule has 0 bridgehead atoms. The molecular formula is C11H7N3O3S. The molecule has 2 heterocycles. The summed E-state index contributed by atoms with van der Waals surface area (Å²) in [5.74, 6) is -0.811. The molecule has 3 aromatic rings. The fraction of sp³-hybridized carbons (Fsp3) is 0. The van der Waals surface area contributed by atoms with Crippen LogP contribution in [0.2, 0.25) is 0 Å². The second-order valence-electron chi connectivity index (χ2n) is 3.55. The summed E-state index contributed by atoms with van der Waals surface area (Å²) in [7, 11) is 0. The van der Waals surface area contributed by atoms with E-state index in [1.54, 1.807) is 29.1 Å². The van der Waals surface area contributed by atoms with E-state index < -0.39 is 5.76 Å². The van der Waals surface area contributed by atoms with Gasteiger partial charge < -0.3 is 9.73 Å². The number of oxazole rings is 1. The number of rotatable bonds is 2. The summed E-state index contributed by atoms with van der Waals surface area (Å²) in [6.45, 7) is 0. The van der Waals surface area contributed by atoms with Crippen LogP contribution < -0.4 is 11.1 Å². The van der Waals surface area contributed by atoms with Crippen LogP contribution in [-0.4, -0.2) is 15.9 Å². The Morgan fingerprint density at radius 3 is 3.11 bits per heavy atom. The van der Waals surface area contributed by atoms with Crippen LogP contribution in [0.15, 0.2) is 38.3 Å². The number of hydrogen-bond donors (Lipinski definition) is 2. The van der Waals surface area contributed by atoms with Crippen LogP contribution in [0.25, 0.3) is 11.1 Å². The minimum atomic E-state index is -0.520. The van der Waals surface area contributed by atoms with E-state index >= 15 is 0 Å². The highest BCUT2D eigenvalue weighted by Crippen LogP contribution is 2.16. The number of H-pyrrole nitrogens is 1. The van der Waals surface area contributed by atoms with Gasteiger partial charge in [0, 0.05) is 11.1 Å². The van der Waals surface area contributed by atoms with E-state index in [0.717, 1.165) is 0 Å². The molecule has 0 saturated carbocycles. The molecule has 1 aromatic carbocycles. The molecule has 0 radical (unpaired) electrons. The van der Waals surface area contributed by atoms with Crippen LogP contribution in [0.3, 0.4) is 0 Å². The van der Waals surface area contributed by atoms with Crippen LogP contribution >= 0.6 is 11.3 Å². The van der Waals surface area contributed by atoms with E-state index in [1.807, 2.05) is 0 Å². The number of hydrogen-bond acceptors (Lipinski definition) is 5. The Morgan fingerprint density at radius 2 is 2.33 bits per heavy atom. The van der Waals surface area contributed by atoms with Crippen molar-refractivity contribution in [1.82, 2.24) is 9.97 Å². The van der Waals surface area contributed by atoms with Gasteiger partial charge in [-0.05, 0) is 18.2 Å². The molecule has 0 fully saturated rings. The summed E-state index contributed by atoms with van der Waals surface area (Å²) in [5.41, 5.74) is 3.51. The molecule has 90 valence electrons. The molecule has 1 amide bonds. The van der Waals surface area contributed by atoms with Crippen molar-refractivity contribution in [3.05, 3.63) is 45.3 Å². The third-order valence-corrected chi connectivity index (χ3v) is 2.93. The first-order chi connectivity index (χ1) is 8.72. The standard InChI is InChI=1S/C11H7N3O3S/c15-10(8-4-18-5-12-8)13-6-1-2-9-7(3-6)14-11(16)17-9/h1-5H,(H,13,15)(H,14,16). The largest absolute Gasteiger partial charge is 0.417 e. The smallest absolute Gasteiger partial charge is 0.408 e. The van der Waals surface area contributed by atoms with Gasteiger partial charge in [0.2, 0.25) is 0 Å². The third kappa shape index (κ3) is 1.91. The zero-order valence-electron chi connectivity index (χ0n) is 8.97. The first kappa shape index (κ1) is 10.7. The molecule has 0 unspecified atom stereocenters. The molecule has 0 aliphatic carbocycles. The summed E-state index contributed by atoms with van der Waals surface area (Å²) in [6.07, 6.45) is 0. The fourth-order valence-electron chi connectivity index (χ4n) is 1.55. The minimum Gasteiger partial charge on any atom is -0.408 e. The topological polar surface area (TPSA) is 88.0 Å². The second kappa shape index (κ2) is 4.11. The van der Waals surface area contributed by atoms with Crippen molar-refractivity contribution in [1.29, 1.82) is 0 Å². The van der Waals surface area contributed by atoms with Crippen LogP contribution in [0, 0.1) is 0 Å². The van der Waals surface area contributed by atoms with E-state index in [9.17, 15) is 9.59 Å². The first-order valence-corrected chi connectivity index (χ1v) is 5.99. The van der Waals surface area contributed by atoms with E-state index in [0.29, 0.717) is 22.5 Å². The van der Waals surface area contributed by atoms with Crippen LogP contribution in [-0.2, 0) is 0 Å². The Bertz CT molecular complexity index is 757. The van der Waals surface area contributed by atoms with Gasteiger partial charge in [-0.15, -0.1) is 11.3 Å². The minimum absolute atomic E-state index is 0.290. The molecule has 6 nitrogen and oxygen atoms in total. The summed E-state index contributed by atoms with van der Waals surface area (Å²) in [6, 6.07) is 4.90. The lowest BCUT2D eigenvalue weighted by atomic mass is 10.3. The number of fused-ring (bicyclic) bond motifs is 1. The first-order valence-electron chi connectivity index (χ1n) is 5.05. The number of carbonyl (C=O) groups excluding carboxylic acids is 1. The number of anilines is 1. The maximum atomic E-state index is 11.8. The number of thiazole rings is 1. The molecule has 0 saturated heterocycles. The van der Waals surface area contributed by atoms with Crippen molar-refractivity contribution < 1.29 is 9.21 Å². The lowest BCUT2D eigenvalue weighted by Crippen LogP contribution is -2.11. The highest BCUT2D eigenvalue weighted by Gasteiger charge is 2.09. The molecule has 3 rings (SSSR count). The molecule has 0 aliphatic heterocycles. The summed E-state index contributed by atoms with van der Waals surface area (Å²) in [5, 5.41) is 4.35. The predicted octanol–water partition coefficient (Wildman–Crippen LogP) is 1.83. The fourth-order valence-corrected chi connectivity index (χ4v) is 2.08. The number of aromatic nitrogens is 2. The Hall–Kier alpha value is -2.41. The highest BCUT2D eigenvalue weighted by atomic mass is 32.1. The monoisotopic (exact) mass is 261 g/mol. The summed E-state index contributed by atoms with van der Waals surface area (Å²) in [4.78, 5) is 29.2. The Morgan fingerprint density at radius 1 is 1.44 bits per heavy atom. The zero-order valence-corrected chi connectivity index (χ0v) is 9.78. The van der Waals surface area contributed by atoms with Gasteiger partial charge in [-0.1, -0.05) is 0 Å². The van der Waals surface area contributed by atoms with Crippen LogP contribution in [0.1, 0.15) is 10.5 Å². The maximum absolute atomic E-state index is 11.8. The van der Waals surface area contributed by atoms with Gasteiger partial charge in [-0.2, -0.15) is 0 Å². The van der Waals surface area contributed by atoms with Gasteiger partial charge in [0.1, 0.15) is 5.69 Å². The van der Waals surface area contributed by atoms with Crippen LogP contribution in [0.4, 0.5) is 5.69 Å². The maximum Gasteiger partial charge on any atom is 0.417 e. The van der Waals surface area contributed by atoms with Gasteiger partial charge in [0.05, 0.1) is 11.0 Å². The van der Waals surface area contributed by atoms with Gasteiger partial charge in [-0.25, -0.2) is 9.78 Å². The molecule has 0 spiro atoms. The molecule has 0 aliphatic rings. The SMILES string of the molecule is O=C(Nc1ccc2oc(=O)[nH]c2c1)c1cscn1. The van der Waals surface area contributed by atoms with Crippen molar-refractivity contribution in [2.45, 2.75) is 0 Å². The second-order valence-corrected chi connectivity index (χ2v) is 4.27. The van der Waals surface area contributed by atoms with Crippen molar-refractivity contribution in [2.24, 2.45) is 0 Å². The molecule has 2 aromatic heterocycles. The zero-order chi connectivity index (χ0) is 12.5.